The normalized spacial score (nSPS) is 15.5. The lowest BCUT2D eigenvalue weighted by Crippen LogP contribution is -2.50. The molecular formula is C30H29FN4O5S. The zero-order chi connectivity index (χ0) is 29.5. The molecule has 1 aliphatic rings. The number of aromatic nitrogens is 1. The summed E-state index contributed by atoms with van der Waals surface area (Å²) in [7, 11) is 1.61. The number of hydrogen-bond donors (Lipinski definition) is 1. The maximum Gasteiger partial charge on any atom is 0.419 e. The van der Waals surface area contributed by atoms with E-state index in [4.69, 9.17) is 15.7 Å². The van der Waals surface area contributed by atoms with E-state index < -0.39 is 23.3 Å². The van der Waals surface area contributed by atoms with Crippen LogP contribution in [0.2, 0.25) is 0 Å². The Morgan fingerprint density at radius 2 is 1.93 bits per heavy atom. The van der Waals surface area contributed by atoms with Gasteiger partial charge in [-0.3, -0.25) is 9.36 Å². The Balaban J connectivity index is 1.50. The Hall–Kier alpha value is -4.43. The molecule has 11 heteroatoms. The third-order valence-electron chi connectivity index (χ3n) is 6.81. The number of benzene rings is 2. The molecule has 41 heavy (non-hydrogen) atoms. The van der Waals surface area contributed by atoms with E-state index >= 15 is 0 Å². The lowest BCUT2D eigenvalue weighted by molar-refractivity contribution is 0.0453. The molecule has 1 N–H and O–H groups in total. The van der Waals surface area contributed by atoms with Crippen LogP contribution in [-0.4, -0.2) is 46.2 Å². The molecular weight excluding hydrogens is 547 g/mol. The number of ether oxygens (including phenoxy) is 1. The number of nitrogens with zero attached hydrogens (tertiary/aromatic N) is 3. The monoisotopic (exact) mass is 576 g/mol. The molecule has 5 rings (SSSR count). The van der Waals surface area contributed by atoms with Crippen LogP contribution in [0.3, 0.4) is 0 Å². The summed E-state index contributed by atoms with van der Waals surface area (Å²) < 4.78 is 26.7. The third-order valence-corrected chi connectivity index (χ3v) is 7.98. The van der Waals surface area contributed by atoms with Crippen molar-refractivity contribution in [2.24, 2.45) is 7.05 Å². The number of thiophene rings is 1. The topological polar surface area (TPSA) is 98.1 Å². The van der Waals surface area contributed by atoms with Gasteiger partial charge in [0.2, 0.25) is 5.69 Å². The number of likely N-dealkylation sites (tertiary alicyclic amines) is 1. The Labute approximate surface area is 240 Å². The number of hydrogen-bond acceptors (Lipinski definition) is 6. The van der Waals surface area contributed by atoms with Gasteiger partial charge in [-0.2, -0.15) is 0 Å². The number of rotatable bonds is 4. The molecule has 2 amide bonds. The van der Waals surface area contributed by atoms with Gasteiger partial charge >= 0.3 is 11.8 Å². The van der Waals surface area contributed by atoms with E-state index in [-0.39, 0.29) is 17.6 Å². The van der Waals surface area contributed by atoms with Crippen molar-refractivity contribution in [2.75, 3.05) is 13.1 Å². The summed E-state index contributed by atoms with van der Waals surface area (Å²) in [6.45, 7) is 13.4. The first-order chi connectivity index (χ1) is 19.4. The van der Waals surface area contributed by atoms with Crippen LogP contribution in [-0.2, 0) is 11.8 Å². The van der Waals surface area contributed by atoms with Gasteiger partial charge in [0.1, 0.15) is 11.4 Å². The zero-order valence-electron chi connectivity index (χ0n) is 23.1. The van der Waals surface area contributed by atoms with Gasteiger partial charge in [0.15, 0.2) is 5.58 Å². The van der Waals surface area contributed by atoms with E-state index in [1.807, 2.05) is 0 Å². The Morgan fingerprint density at radius 1 is 1.17 bits per heavy atom. The number of aryl methyl sites for hydroxylation is 1. The van der Waals surface area contributed by atoms with Crippen LogP contribution in [0.25, 0.3) is 37.5 Å². The standard InChI is InChI=1S/C30H29FN4O5S/c1-30(2,3)40-28(37)33-19-7-6-12-35(16-19)27(36)25-15-20(17-8-10-22(32-4)21(31)13-17)26(41-25)18-9-11-24-23(14-18)34(5)29(38)39-24/h8-11,13-15,19H,6-7,12,16H2,1-3,5H3,(H,33,37)/t19-/m1/s1. The van der Waals surface area contributed by atoms with Crippen LogP contribution in [0.4, 0.5) is 14.9 Å². The predicted octanol–water partition coefficient (Wildman–Crippen LogP) is 6.35. The molecule has 0 unspecified atom stereocenters. The van der Waals surface area contributed by atoms with Crippen molar-refractivity contribution in [3.05, 3.63) is 75.1 Å². The molecule has 1 fully saturated rings. The minimum Gasteiger partial charge on any atom is -0.444 e. The second-order valence-electron chi connectivity index (χ2n) is 11.0. The van der Waals surface area contributed by atoms with Crippen molar-refractivity contribution < 1.29 is 23.1 Å². The molecule has 0 aliphatic carbocycles. The van der Waals surface area contributed by atoms with Crippen molar-refractivity contribution in [2.45, 2.75) is 45.3 Å². The number of halogens is 1. The third kappa shape index (κ3) is 5.88. The van der Waals surface area contributed by atoms with E-state index in [2.05, 4.69) is 10.2 Å². The van der Waals surface area contributed by atoms with Gasteiger partial charge in [0, 0.05) is 36.6 Å². The summed E-state index contributed by atoms with van der Waals surface area (Å²) in [5, 5.41) is 2.87. The fourth-order valence-corrected chi connectivity index (χ4v) is 6.01. The molecule has 1 saturated heterocycles. The van der Waals surface area contributed by atoms with Gasteiger partial charge in [-0.05, 0) is 75.1 Å². The lowest BCUT2D eigenvalue weighted by atomic mass is 10.0. The fourth-order valence-electron chi connectivity index (χ4n) is 4.87. The van der Waals surface area contributed by atoms with Gasteiger partial charge in [-0.15, -0.1) is 11.3 Å². The summed E-state index contributed by atoms with van der Waals surface area (Å²) in [5.41, 5.74) is 2.17. The molecule has 0 spiro atoms. The maximum atomic E-state index is 14.7. The summed E-state index contributed by atoms with van der Waals surface area (Å²) in [5.74, 6) is -1.34. The van der Waals surface area contributed by atoms with Crippen molar-refractivity contribution in [1.29, 1.82) is 0 Å². The highest BCUT2D eigenvalue weighted by atomic mass is 32.1. The summed E-state index contributed by atoms with van der Waals surface area (Å²) in [6.07, 6.45) is 0.915. The molecule has 1 atom stereocenters. The van der Waals surface area contributed by atoms with Gasteiger partial charge in [0.25, 0.3) is 5.91 Å². The number of nitrogens with one attached hydrogen (secondary N) is 1. The SMILES string of the molecule is [C-]#[N+]c1ccc(-c2cc(C(=O)N3CCC[C@@H](NC(=O)OC(C)(C)C)C3)sc2-c2ccc3oc(=O)n(C)c3c2)cc1F. The lowest BCUT2D eigenvalue weighted by Gasteiger charge is -2.33. The summed E-state index contributed by atoms with van der Waals surface area (Å²) in [4.78, 5) is 44.2. The van der Waals surface area contributed by atoms with E-state index in [1.54, 1.807) is 63.1 Å². The van der Waals surface area contributed by atoms with Crippen molar-refractivity contribution in [3.63, 3.8) is 0 Å². The van der Waals surface area contributed by atoms with Gasteiger partial charge in [-0.25, -0.2) is 18.8 Å². The minimum absolute atomic E-state index is 0.0894. The van der Waals surface area contributed by atoms with Crippen LogP contribution in [0.1, 0.15) is 43.3 Å². The average molecular weight is 577 g/mol. The minimum atomic E-state index is -0.651. The molecule has 212 valence electrons. The highest BCUT2D eigenvalue weighted by Crippen LogP contribution is 2.41. The molecule has 0 saturated carbocycles. The van der Waals surface area contributed by atoms with Crippen molar-refractivity contribution >= 4 is 40.1 Å². The number of amides is 2. The van der Waals surface area contributed by atoms with E-state index in [1.165, 1.54) is 28.0 Å². The van der Waals surface area contributed by atoms with Crippen LogP contribution in [0.5, 0.6) is 0 Å². The second-order valence-corrected chi connectivity index (χ2v) is 12.0. The Kier molecular flexibility index (Phi) is 7.44. The molecule has 9 nitrogen and oxygen atoms in total. The predicted molar refractivity (Wildman–Crippen MR) is 155 cm³/mol. The van der Waals surface area contributed by atoms with Gasteiger partial charge < -0.3 is 19.4 Å². The highest BCUT2D eigenvalue weighted by molar-refractivity contribution is 7.18. The fraction of sp³-hybridized carbons (Fsp3) is 0.333. The first-order valence-corrected chi connectivity index (χ1v) is 13.9. The summed E-state index contributed by atoms with van der Waals surface area (Å²) in [6, 6.07) is 11.1. The molecule has 2 aromatic carbocycles. The van der Waals surface area contributed by atoms with Crippen LogP contribution in [0, 0.1) is 12.4 Å². The molecule has 3 heterocycles. The summed E-state index contributed by atoms with van der Waals surface area (Å²) >= 11 is 1.27. The first kappa shape index (κ1) is 28.1. The largest absolute Gasteiger partial charge is 0.444 e. The van der Waals surface area contributed by atoms with Crippen LogP contribution >= 0.6 is 11.3 Å². The Morgan fingerprint density at radius 3 is 2.63 bits per heavy atom. The first-order valence-electron chi connectivity index (χ1n) is 13.1. The van der Waals surface area contributed by atoms with Crippen molar-refractivity contribution in [1.82, 2.24) is 14.8 Å². The second kappa shape index (κ2) is 10.9. The molecule has 4 aromatic rings. The van der Waals surface area contributed by atoms with E-state index in [0.717, 1.165) is 12.0 Å². The van der Waals surface area contributed by atoms with Crippen LogP contribution < -0.4 is 11.1 Å². The molecule has 0 radical (unpaired) electrons. The smallest absolute Gasteiger partial charge is 0.419 e. The highest BCUT2D eigenvalue weighted by Gasteiger charge is 2.29. The van der Waals surface area contributed by atoms with Crippen LogP contribution in [0.15, 0.2) is 51.7 Å². The zero-order valence-corrected chi connectivity index (χ0v) is 23.9. The maximum absolute atomic E-state index is 14.7. The Bertz CT molecular complexity index is 1760. The number of fused-ring (bicyclic) bond motifs is 1. The number of piperidine rings is 1. The molecule has 2 aromatic heterocycles. The number of carbonyl (C=O) groups excluding carboxylic acids is 2. The van der Waals surface area contributed by atoms with E-state index in [0.29, 0.717) is 51.5 Å². The number of alkyl carbamates (subject to hydrolysis) is 1. The number of carbonyl (C=O) groups is 2. The average Bonchev–Trinajstić information content (AvgIpc) is 3.48. The number of oxazole rings is 1. The molecule has 0 bridgehead atoms. The van der Waals surface area contributed by atoms with Crippen molar-refractivity contribution in [3.8, 4) is 21.6 Å². The van der Waals surface area contributed by atoms with E-state index in [9.17, 15) is 18.8 Å². The molecule has 1 aliphatic heterocycles. The van der Waals surface area contributed by atoms with Gasteiger partial charge in [0.05, 0.1) is 17.0 Å². The quantitative estimate of drug-likeness (QED) is 0.286. The van der Waals surface area contributed by atoms with Gasteiger partial charge in [-0.1, -0.05) is 12.1 Å².